The standard InChI is InChI=1S/C16H21N3O2/c1-11(2)8-14(16(20)21)17-9-13-10-18-15(19-13)12-6-4-3-5-7-12/h3-7,10-11,14,17H,8-9H2,1-2H3,(H,18,19)(H,20,21)/t14-/m0/s1. The summed E-state index contributed by atoms with van der Waals surface area (Å²) in [5.74, 6) is 0.315. The average Bonchev–Trinajstić information content (AvgIpc) is 2.92. The molecule has 5 heteroatoms. The molecule has 0 fully saturated rings. The lowest BCUT2D eigenvalue weighted by Gasteiger charge is -2.15. The molecule has 0 spiro atoms. The summed E-state index contributed by atoms with van der Waals surface area (Å²) in [5, 5.41) is 12.3. The van der Waals surface area contributed by atoms with Crippen molar-refractivity contribution in [2.75, 3.05) is 0 Å². The lowest BCUT2D eigenvalue weighted by atomic mass is 10.0. The maximum atomic E-state index is 11.2. The summed E-state index contributed by atoms with van der Waals surface area (Å²) in [6.07, 6.45) is 2.35. The molecule has 1 heterocycles. The lowest BCUT2D eigenvalue weighted by Crippen LogP contribution is -2.37. The van der Waals surface area contributed by atoms with E-state index < -0.39 is 12.0 Å². The van der Waals surface area contributed by atoms with Gasteiger partial charge in [-0.3, -0.25) is 10.1 Å². The molecule has 3 N–H and O–H groups in total. The second-order valence-corrected chi connectivity index (χ2v) is 5.52. The molecule has 0 radical (unpaired) electrons. The molecule has 1 aromatic carbocycles. The van der Waals surface area contributed by atoms with Crippen LogP contribution >= 0.6 is 0 Å². The molecule has 0 aliphatic heterocycles. The number of carboxylic acid groups (broad SMARTS) is 1. The number of carboxylic acids is 1. The third-order valence-corrected chi connectivity index (χ3v) is 3.22. The number of aromatic amines is 1. The van der Waals surface area contributed by atoms with Crippen LogP contribution in [0.5, 0.6) is 0 Å². The Morgan fingerprint density at radius 1 is 1.33 bits per heavy atom. The molecular weight excluding hydrogens is 266 g/mol. The zero-order valence-electron chi connectivity index (χ0n) is 12.3. The van der Waals surface area contributed by atoms with Gasteiger partial charge in [0.05, 0.1) is 0 Å². The van der Waals surface area contributed by atoms with E-state index in [4.69, 9.17) is 0 Å². The van der Waals surface area contributed by atoms with Gasteiger partial charge in [-0.2, -0.15) is 0 Å². The number of carbonyl (C=O) groups is 1. The van der Waals surface area contributed by atoms with Crippen molar-refractivity contribution in [2.24, 2.45) is 5.92 Å². The summed E-state index contributed by atoms with van der Waals surface area (Å²) in [7, 11) is 0. The normalized spacial score (nSPS) is 12.5. The Kier molecular flexibility index (Phi) is 5.11. The molecule has 0 aliphatic carbocycles. The molecule has 0 aliphatic rings. The summed E-state index contributed by atoms with van der Waals surface area (Å²) in [6, 6.07) is 9.30. The lowest BCUT2D eigenvalue weighted by molar-refractivity contribution is -0.140. The Balaban J connectivity index is 1.98. The van der Waals surface area contributed by atoms with E-state index in [9.17, 15) is 9.90 Å². The van der Waals surface area contributed by atoms with Gasteiger partial charge in [0.1, 0.15) is 11.9 Å². The first-order valence-electron chi connectivity index (χ1n) is 7.11. The van der Waals surface area contributed by atoms with E-state index in [1.54, 1.807) is 6.20 Å². The fraction of sp³-hybridized carbons (Fsp3) is 0.375. The number of nitrogens with zero attached hydrogens (tertiary/aromatic N) is 1. The highest BCUT2D eigenvalue weighted by molar-refractivity contribution is 5.73. The van der Waals surface area contributed by atoms with Gasteiger partial charge in [0.25, 0.3) is 0 Å². The quantitative estimate of drug-likeness (QED) is 0.731. The molecule has 21 heavy (non-hydrogen) atoms. The minimum absolute atomic E-state index is 0.334. The number of nitrogens with one attached hydrogen (secondary N) is 2. The molecule has 1 atom stereocenters. The van der Waals surface area contributed by atoms with Gasteiger partial charge in [-0.25, -0.2) is 4.98 Å². The van der Waals surface area contributed by atoms with Crippen LogP contribution in [0.25, 0.3) is 11.4 Å². The van der Waals surface area contributed by atoms with Crippen LogP contribution in [-0.2, 0) is 11.3 Å². The first-order chi connectivity index (χ1) is 10.1. The summed E-state index contributed by atoms with van der Waals surface area (Å²) >= 11 is 0. The maximum absolute atomic E-state index is 11.2. The molecule has 112 valence electrons. The zero-order chi connectivity index (χ0) is 15.2. The summed E-state index contributed by atoms with van der Waals surface area (Å²) in [6.45, 7) is 4.49. The van der Waals surface area contributed by atoms with Crippen LogP contribution in [0.3, 0.4) is 0 Å². The van der Waals surface area contributed by atoms with E-state index >= 15 is 0 Å². The number of imidazole rings is 1. The SMILES string of the molecule is CC(C)C[C@H](NCc1cnc(-c2ccccc2)[nH]1)C(=O)O. The van der Waals surface area contributed by atoms with Crippen LogP contribution in [0, 0.1) is 5.92 Å². The highest BCUT2D eigenvalue weighted by atomic mass is 16.4. The average molecular weight is 287 g/mol. The van der Waals surface area contributed by atoms with Gasteiger partial charge < -0.3 is 10.1 Å². The molecule has 0 bridgehead atoms. The van der Waals surface area contributed by atoms with Gasteiger partial charge in [0.15, 0.2) is 0 Å². The van der Waals surface area contributed by atoms with Crippen molar-refractivity contribution >= 4 is 5.97 Å². The minimum atomic E-state index is -0.813. The van der Waals surface area contributed by atoms with Gasteiger partial charge in [0, 0.05) is 24.0 Å². The third-order valence-electron chi connectivity index (χ3n) is 3.22. The molecule has 1 aromatic heterocycles. The van der Waals surface area contributed by atoms with Crippen LogP contribution in [0.2, 0.25) is 0 Å². The predicted octanol–water partition coefficient (Wildman–Crippen LogP) is 2.67. The van der Waals surface area contributed by atoms with E-state index in [0.717, 1.165) is 17.1 Å². The van der Waals surface area contributed by atoms with Gasteiger partial charge in [-0.05, 0) is 12.3 Å². The van der Waals surface area contributed by atoms with Crippen LogP contribution in [0.4, 0.5) is 0 Å². The Morgan fingerprint density at radius 2 is 2.05 bits per heavy atom. The van der Waals surface area contributed by atoms with E-state index in [0.29, 0.717) is 18.9 Å². The van der Waals surface area contributed by atoms with Gasteiger partial charge in [-0.1, -0.05) is 44.2 Å². The van der Waals surface area contributed by atoms with Crippen molar-refractivity contribution in [3.05, 3.63) is 42.2 Å². The van der Waals surface area contributed by atoms with Crippen molar-refractivity contribution in [2.45, 2.75) is 32.9 Å². The van der Waals surface area contributed by atoms with Crippen molar-refractivity contribution in [3.8, 4) is 11.4 Å². The Hall–Kier alpha value is -2.14. The largest absolute Gasteiger partial charge is 0.480 e. The molecule has 0 saturated heterocycles. The number of H-pyrrole nitrogens is 1. The van der Waals surface area contributed by atoms with Crippen LogP contribution in [0.15, 0.2) is 36.5 Å². The van der Waals surface area contributed by atoms with Crippen LogP contribution in [0.1, 0.15) is 26.0 Å². The second kappa shape index (κ2) is 7.04. The molecule has 5 nitrogen and oxygen atoms in total. The van der Waals surface area contributed by atoms with E-state index in [1.807, 2.05) is 44.2 Å². The number of hydrogen-bond acceptors (Lipinski definition) is 3. The van der Waals surface area contributed by atoms with E-state index in [2.05, 4.69) is 15.3 Å². The Bertz CT molecular complexity index is 578. The zero-order valence-corrected chi connectivity index (χ0v) is 12.3. The number of hydrogen-bond donors (Lipinski definition) is 3. The topological polar surface area (TPSA) is 78.0 Å². The van der Waals surface area contributed by atoms with Crippen molar-refractivity contribution in [1.29, 1.82) is 0 Å². The van der Waals surface area contributed by atoms with Gasteiger partial charge in [0.2, 0.25) is 0 Å². The highest BCUT2D eigenvalue weighted by Gasteiger charge is 2.18. The molecule has 0 amide bonds. The molecule has 0 saturated carbocycles. The number of aliphatic carboxylic acids is 1. The molecular formula is C16H21N3O2. The monoisotopic (exact) mass is 287 g/mol. The Morgan fingerprint density at radius 3 is 2.67 bits per heavy atom. The first-order valence-corrected chi connectivity index (χ1v) is 7.11. The molecule has 2 rings (SSSR count). The number of benzene rings is 1. The summed E-state index contributed by atoms with van der Waals surface area (Å²) in [5.41, 5.74) is 1.89. The molecule has 0 unspecified atom stereocenters. The fourth-order valence-electron chi connectivity index (χ4n) is 2.17. The van der Waals surface area contributed by atoms with E-state index in [-0.39, 0.29) is 0 Å². The predicted molar refractivity (Wildman–Crippen MR) is 81.7 cm³/mol. The van der Waals surface area contributed by atoms with Gasteiger partial charge in [-0.15, -0.1) is 0 Å². The fourth-order valence-corrected chi connectivity index (χ4v) is 2.17. The second-order valence-electron chi connectivity index (χ2n) is 5.52. The van der Waals surface area contributed by atoms with Crippen molar-refractivity contribution in [1.82, 2.24) is 15.3 Å². The summed E-state index contributed by atoms with van der Waals surface area (Å²) in [4.78, 5) is 18.7. The van der Waals surface area contributed by atoms with Gasteiger partial charge >= 0.3 is 5.97 Å². The van der Waals surface area contributed by atoms with E-state index in [1.165, 1.54) is 0 Å². The van der Waals surface area contributed by atoms with Crippen LogP contribution in [-0.4, -0.2) is 27.1 Å². The summed E-state index contributed by atoms with van der Waals surface area (Å²) < 4.78 is 0. The maximum Gasteiger partial charge on any atom is 0.320 e. The first kappa shape index (κ1) is 15.3. The highest BCUT2D eigenvalue weighted by Crippen LogP contribution is 2.15. The van der Waals surface area contributed by atoms with Crippen molar-refractivity contribution < 1.29 is 9.90 Å². The smallest absolute Gasteiger partial charge is 0.320 e. The third kappa shape index (κ3) is 4.43. The number of aromatic nitrogens is 2. The Labute approximate surface area is 124 Å². The van der Waals surface area contributed by atoms with Crippen molar-refractivity contribution in [3.63, 3.8) is 0 Å². The number of rotatable bonds is 7. The molecule has 2 aromatic rings. The van der Waals surface area contributed by atoms with Crippen LogP contribution < -0.4 is 5.32 Å². The minimum Gasteiger partial charge on any atom is -0.480 e.